The van der Waals surface area contributed by atoms with Crippen molar-refractivity contribution in [1.82, 2.24) is 9.55 Å². The van der Waals surface area contributed by atoms with E-state index in [0.717, 1.165) is 17.4 Å². The Kier molecular flexibility index (Phi) is 5.51. The van der Waals surface area contributed by atoms with Gasteiger partial charge >= 0.3 is 5.69 Å². The molecule has 2 heterocycles. The molecule has 1 aromatic heterocycles. The summed E-state index contributed by atoms with van der Waals surface area (Å²) in [6, 6.07) is 1.39. The topological polar surface area (TPSA) is 128 Å². The van der Waals surface area contributed by atoms with E-state index in [0.29, 0.717) is 6.42 Å². The molecule has 1 aliphatic heterocycles. The molecule has 0 aliphatic carbocycles. The molecule has 0 bridgehead atoms. The molecule has 1 unspecified atom stereocenters. The van der Waals surface area contributed by atoms with Gasteiger partial charge in [0.05, 0.1) is 0 Å². The number of nitrogen functional groups attached to an aromatic ring is 1. The number of nitrogens with two attached hydrogens (primary N) is 1. The molecule has 1 aromatic rings. The van der Waals surface area contributed by atoms with Gasteiger partial charge in [0.15, 0.2) is 11.9 Å². The lowest BCUT2D eigenvalue weighted by Crippen LogP contribution is -2.32. The van der Waals surface area contributed by atoms with Crippen LogP contribution in [0.15, 0.2) is 28.9 Å². The van der Waals surface area contributed by atoms with Crippen molar-refractivity contribution in [3.05, 3.63) is 34.6 Å². The third-order valence-electron chi connectivity index (χ3n) is 3.61. The number of Topliss-reactive ketones (excluding diaryl/α,β-unsaturated/α-hetero) is 1. The van der Waals surface area contributed by atoms with Gasteiger partial charge in [-0.25, -0.2) is 4.79 Å². The van der Waals surface area contributed by atoms with Crippen LogP contribution in [0.3, 0.4) is 0 Å². The molecule has 0 spiro atoms. The first kappa shape index (κ1) is 17.2. The number of ketones is 1. The number of hydrogen-bond donors (Lipinski definition) is 3. The van der Waals surface area contributed by atoms with E-state index in [1.807, 2.05) is 6.92 Å². The van der Waals surface area contributed by atoms with Gasteiger partial charge in [-0.1, -0.05) is 19.8 Å². The van der Waals surface area contributed by atoms with Gasteiger partial charge < -0.3 is 20.7 Å². The molecule has 0 saturated carbocycles. The summed E-state index contributed by atoms with van der Waals surface area (Å²) in [7, 11) is 0. The predicted molar refractivity (Wildman–Crippen MR) is 82.3 cm³/mol. The van der Waals surface area contributed by atoms with Crippen LogP contribution in [0, 0.1) is 0 Å². The number of aliphatic hydroxyl groups excluding tert-OH is 2. The highest BCUT2D eigenvalue weighted by atomic mass is 16.5. The van der Waals surface area contributed by atoms with E-state index in [4.69, 9.17) is 10.5 Å². The molecule has 23 heavy (non-hydrogen) atoms. The van der Waals surface area contributed by atoms with Gasteiger partial charge in [0.2, 0.25) is 6.23 Å². The van der Waals surface area contributed by atoms with Crippen molar-refractivity contribution in [2.45, 2.75) is 51.0 Å². The fourth-order valence-electron chi connectivity index (χ4n) is 2.34. The molecule has 3 atom stereocenters. The van der Waals surface area contributed by atoms with Gasteiger partial charge in [0.1, 0.15) is 17.7 Å². The Hall–Kier alpha value is -2.19. The standard InChI is InChI=1S/C15H21N3O5/c1-2-3-4-5-9(19)13(21)11-8-10(20)14(23-11)18-7-6-12(16)17-15(18)22/h6-8,10,13-14,20-21H,2-5H2,1H3,(H2,16,17,22)/t10-,13?,14-/m1/s1. The van der Waals surface area contributed by atoms with Crippen molar-refractivity contribution in [2.75, 3.05) is 5.73 Å². The number of ether oxygens (including phenoxy) is 1. The molecule has 2 rings (SSSR count). The SMILES string of the molecule is CCCCCC(=O)C(O)C1=C[C@@H](O)[C@H](n2ccc(N)nc2=O)O1. The van der Waals surface area contributed by atoms with Crippen LogP contribution in [0.4, 0.5) is 5.82 Å². The zero-order valence-corrected chi connectivity index (χ0v) is 12.9. The second-order valence-electron chi connectivity index (χ2n) is 5.44. The van der Waals surface area contributed by atoms with Crippen molar-refractivity contribution in [2.24, 2.45) is 0 Å². The van der Waals surface area contributed by atoms with Crippen molar-refractivity contribution < 1.29 is 19.7 Å². The maximum Gasteiger partial charge on any atom is 0.352 e. The largest absolute Gasteiger partial charge is 0.468 e. The highest BCUT2D eigenvalue weighted by molar-refractivity contribution is 5.85. The third-order valence-corrected chi connectivity index (χ3v) is 3.61. The molecule has 4 N–H and O–H groups in total. The fraction of sp³-hybridized carbons (Fsp3) is 0.533. The Morgan fingerprint density at radius 2 is 2.26 bits per heavy atom. The van der Waals surface area contributed by atoms with Crippen LogP contribution in [-0.2, 0) is 9.53 Å². The monoisotopic (exact) mass is 323 g/mol. The van der Waals surface area contributed by atoms with Crippen molar-refractivity contribution in [3.8, 4) is 0 Å². The van der Waals surface area contributed by atoms with Crippen LogP contribution < -0.4 is 11.4 Å². The van der Waals surface area contributed by atoms with E-state index in [1.54, 1.807) is 0 Å². The zero-order valence-electron chi connectivity index (χ0n) is 12.9. The number of hydrogen-bond acceptors (Lipinski definition) is 7. The first-order valence-corrected chi connectivity index (χ1v) is 7.56. The Labute approximate surface area is 133 Å². The number of nitrogens with zero attached hydrogens (tertiary/aromatic N) is 2. The number of aromatic nitrogens is 2. The summed E-state index contributed by atoms with van der Waals surface area (Å²) in [6.45, 7) is 2.02. The molecular weight excluding hydrogens is 302 g/mol. The lowest BCUT2D eigenvalue weighted by atomic mass is 10.1. The number of unbranched alkanes of at least 4 members (excludes halogenated alkanes) is 2. The summed E-state index contributed by atoms with van der Waals surface area (Å²) < 4.78 is 6.45. The molecule has 0 fully saturated rings. The number of aliphatic hydroxyl groups is 2. The smallest absolute Gasteiger partial charge is 0.352 e. The molecule has 8 nitrogen and oxygen atoms in total. The number of rotatable bonds is 7. The maximum atomic E-state index is 11.9. The van der Waals surface area contributed by atoms with Crippen LogP contribution in [-0.4, -0.2) is 37.8 Å². The average Bonchev–Trinajstić information content (AvgIpc) is 2.88. The highest BCUT2D eigenvalue weighted by Gasteiger charge is 2.35. The lowest BCUT2D eigenvalue weighted by Gasteiger charge is -2.19. The van der Waals surface area contributed by atoms with Crippen molar-refractivity contribution >= 4 is 11.6 Å². The third kappa shape index (κ3) is 3.96. The summed E-state index contributed by atoms with van der Waals surface area (Å²) in [5, 5.41) is 20.0. The number of carbonyl (C=O) groups is 1. The molecule has 0 saturated heterocycles. The average molecular weight is 323 g/mol. The molecule has 8 heteroatoms. The van der Waals surface area contributed by atoms with E-state index in [2.05, 4.69) is 4.98 Å². The minimum absolute atomic E-state index is 0.0484. The molecular formula is C15H21N3O5. The minimum atomic E-state index is -1.44. The van der Waals surface area contributed by atoms with E-state index >= 15 is 0 Å². The summed E-state index contributed by atoms with van der Waals surface area (Å²) >= 11 is 0. The molecule has 1 aliphatic rings. The van der Waals surface area contributed by atoms with Gasteiger partial charge in [-0.15, -0.1) is 0 Å². The van der Waals surface area contributed by atoms with Crippen LogP contribution in [0.25, 0.3) is 0 Å². The Balaban J connectivity index is 2.06. The van der Waals surface area contributed by atoms with Crippen molar-refractivity contribution in [1.29, 1.82) is 0 Å². The summed E-state index contributed by atoms with van der Waals surface area (Å²) in [4.78, 5) is 27.3. The van der Waals surface area contributed by atoms with Gasteiger partial charge in [-0.05, 0) is 18.6 Å². The van der Waals surface area contributed by atoms with Crippen molar-refractivity contribution in [3.63, 3.8) is 0 Å². The number of anilines is 1. The van der Waals surface area contributed by atoms with Gasteiger partial charge in [-0.2, -0.15) is 4.98 Å². The molecule has 0 amide bonds. The van der Waals surface area contributed by atoms with Gasteiger partial charge in [0, 0.05) is 12.6 Å². The lowest BCUT2D eigenvalue weighted by molar-refractivity contribution is -0.128. The summed E-state index contributed by atoms with van der Waals surface area (Å²) in [6.07, 6.45) is 1.67. The fourth-order valence-corrected chi connectivity index (χ4v) is 2.34. The predicted octanol–water partition coefficient (Wildman–Crippen LogP) is 0.109. The van der Waals surface area contributed by atoms with Gasteiger partial charge in [0.25, 0.3) is 0 Å². The first-order valence-electron chi connectivity index (χ1n) is 7.56. The number of carbonyl (C=O) groups excluding carboxylic acids is 1. The van der Waals surface area contributed by atoms with Gasteiger partial charge in [-0.3, -0.25) is 9.36 Å². The van der Waals surface area contributed by atoms with E-state index in [-0.39, 0.29) is 23.8 Å². The summed E-state index contributed by atoms with van der Waals surface area (Å²) in [5.41, 5.74) is 4.72. The highest BCUT2D eigenvalue weighted by Crippen LogP contribution is 2.28. The summed E-state index contributed by atoms with van der Waals surface area (Å²) in [5.74, 6) is -0.369. The zero-order chi connectivity index (χ0) is 17.0. The van der Waals surface area contributed by atoms with Crippen LogP contribution >= 0.6 is 0 Å². The Morgan fingerprint density at radius 3 is 2.91 bits per heavy atom. The second-order valence-corrected chi connectivity index (χ2v) is 5.44. The van der Waals surface area contributed by atoms with Crippen LogP contribution in [0.1, 0.15) is 38.8 Å². The minimum Gasteiger partial charge on any atom is -0.468 e. The van der Waals surface area contributed by atoms with E-state index in [1.165, 1.54) is 18.3 Å². The molecule has 0 radical (unpaired) electrons. The first-order chi connectivity index (χ1) is 10.9. The maximum absolute atomic E-state index is 11.9. The second kappa shape index (κ2) is 7.38. The van der Waals surface area contributed by atoms with E-state index < -0.39 is 24.1 Å². The normalized spacial score (nSPS) is 21.6. The molecule has 126 valence electrons. The Morgan fingerprint density at radius 1 is 1.52 bits per heavy atom. The quantitative estimate of drug-likeness (QED) is 0.607. The van der Waals surface area contributed by atoms with Crippen LogP contribution in [0.5, 0.6) is 0 Å². The van der Waals surface area contributed by atoms with Crippen LogP contribution in [0.2, 0.25) is 0 Å². The van der Waals surface area contributed by atoms with E-state index in [9.17, 15) is 19.8 Å². The Bertz CT molecular complexity index is 655. The molecule has 0 aromatic carbocycles.